The maximum Gasteiger partial charge on any atom is 0.519 e. The van der Waals surface area contributed by atoms with Gasteiger partial charge in [-0.15, -0.1) is 0 Å². The van der Waals surface area contributed by atoms with Gasteiger partial charge in [-0.3, -0.25) is 0 Å². The second-order valence-corrected chi connectivity index (χ2v) is 9.15. The van der Waals surface area contributed by atoms with E-state index in [2.05, 4.69) is 27.7 Å². The second-order valence-electron chi connectivity index (χ2n) is 9.15. The highest BCUT2D eigenvalue weighted by Gasteiger charge is 2.17. The van der Waals surface area contributed by atoms with Gasteiger partial charge in [-0.25, -0.2) is 4.79 Å². The molecule has 0 saturated carbocycles. The summed E-state index contributed by atoms with van der Waals surface area (Å²) in [5, 5.41) is 0. The summed E-state index contributed by atoms with van der Waals surface area (Å²) in [6, 6.07) is 15.0. The van der Waals surface area contributed by atoms with Crippen LogP contribution in [-0.4, -0.2) is 31.6 Å². The first kappa shape index (κ1) is 25.9. The number of hydrogen-bond donors (Lipinski definition) is 0. The molecule has 0 aliphatic rings. The molecule has 2 aromatic carbocycles. The number of rotatable bonds is 12. The lowest BCUT2D eigenvalue weighted by molar-refractivity contribution is 0.0473. The molecule has 0 N–H and O–H groups in total. The van der Waals surface area contributed by atoms with E-state index in [4.69, 9.17) is 18.9 Å². The summed E-state index contributed by atoms with van der Waals surface area (Å²) in [5.41, 5.74) is 1.81. The van der Waals surface area contributed by atoms with Gasteiger partial charge < -0.3 is 18.9 Å². The Labute approximate surface area is 193 Å². The maximum absolute atomic E-state index is 12.6. The van der Waals surface area contributed by atoms with Crippen molar-refractivity contribution < 1.29 is 23.7 Å². The van der Waals surface area contributed by atoms with E-state index in [0.717, 1.165) is 11.1 Å². The van der Waals surface area contributed by atoms with Gasteiger partial charge in [0.15, 0.2) is 0 Å². The summed E-state index contributed by atoms with van der Waals surface area (Å²) < 4.78 is 22.9. The van der Waals surface area contributed by atoms with E-state index in [1.165, 1.54) is 0 Å². The van der Waals surface area contributed by atoms with Crippen LogP contribution in [0.5, 0.6) is 11.5 Å². The molecule has 2 rings (SSSR count). The fraction of sp³-hybridized carbons (Fsp3) is 0.519. The molecule has 0 aliphatic heterocycles. The third kappa shape index (κ3) is 9.41. The minimum atomic E-state index is -0.753. The van der Waals surface area contributed by atoms with Crippen molar-refractivity contribution in [3.05, 3.63) is 59.7 Å². The molecular weight excluding hydrogens is 404 g/mol. The van der Waals surface area contributed by atoms with Crippen molar-refractivity contribution in [1.82, 2.24) is 0 Å². The van der Waals surface area contributed by atoms with Crippen molar-refractivity contribution in [2.24, 2.45) is 11.8 Å². The normalized spacial score (nSPS) is 13.2. The van der Waals surface area contributed by atoms with Crippen molar-refractivity contribution in [2.75, 3.05) is 13.2 Å². The predicted molar refractivity (Wildman–Crippen MR) is 127 cm³/mol. The van der Waals surface area contributed by atoms with Gasteiger partial charge >= 0.3 is 6.16 Å². The average molecular weight is 443 g/mol. The first-order valence-corrected chi connectivity index (χ1v) is 11.5. The Bertz CT molecular complexity index is 763. The third-order valence-electron chi connectivity index (χ3n) is 4.77. The first-order valence-electron chi connectivity index (χ1n) is 11.5. The van der Waals surface area contributed by atoms with Crippen molar-refractivity contribution in [1.29, 1.82) is 0 Å². The molecule has 176 valence electrons. The molecule has 0 radical (unpaired) electrons. The third-order valence-corrected chi connectivity index (χ3v) is 4.77. The Balaban J connectivity index is 2.00. The fourth-order valence-electron chi connectivity index (χ4n) is 3.20. The van der Waals surface area contributed by atoms with Gasteiger partial charge in [-0.05, 0) is 48.9 Å². The monoisotopic (exact) mass is 442 g/mol. The molecule has 0 amide bonds. The van der Waals surface area contributed by atoms with Gasteiger partial charge in [-0.2, -0.15) is 0 Å². The Morgan fingerprint density at radius 1 is 0.656 bits per heavy atom. The van der Waals surface area contributed by atoms with E-state index in [9.17, 15) is 4.79 Å². The quantitative estimate of drug-likeness (QED) is 0.278. The average Bonchev–Trinajstić information content (AvgIpc) is 2.73. The molecule has 0 aromatic heterocycles. The van der Waals surface area contributed by atoms with Gasteiger partial charge in [0, 0.05) is 26.1 Å². The zero-order chi connectivity index (χ0) is 23.5. The molecule has 2 atom stereocenters. The van der Waals surface area contributed by atoms with E-state index in [1.807, 2.05) is 50.2 Å². The fourth-order valence-corrected chi connectivity index (χ4v) is 3.20. The molecular formula is C27H38O5. The highest BCUT2D eigenvalue weighted by molar-refractivity contribution is 5.68. The van der Waals surface area contributed by atoms with Gasteiger partial charge in [0.2, 0.25) is 0 Å². The molecule has 2 unspecified atom stereocenters. The highest BCUT2D eigenvalue weighted by atomic mass is 16.7. The first-order chi connectivity index (χ1) is 15.2. The minimum Gasteiger partial charge on any atom is -0.394 e. The van der Waals surface area contributed by atoms with Crippen LogP contribution in [0, 0.1) is 11.8 Å². The number of carbonyl (C=O) groups excluding carboxylic acids is 1. The van der Waals surface area contributed by atoms with Crippen LogP contribution >= 0.6 is 0 Å². The van der Waals surface area contributed by atoms with Crippen LogP contribution in [0.3, 0.4) is 0 Å². The number of ether oxygens (including phenoxy) is 4. The summed E-state index contributed by atoms with van der Waals surface area (Å²) in [6.45, 7) is 13.9. The minimum absolute atomic E-state index is 0.0197. The van der Waals surface area contributed by atoms with Crippen molar-refractivity contribution in [2.45, 2.75) is 66.6 Å². The smallest absolute Gasteiger partial charge is 0.394 e. The van der Waals surface area contributed by atoms with Crippen LogP contribution < -0.4 is 9.47 Å². The summed E-state index contributed by atoms with van der Waals surface area (Å²) in [7, 11) is 0. The van der Waals surface area contributed by atoms with Gasteiger partial charge in [0.1, 0.15) is 11.5 Å². The van der Waals surface area contributed by atoms with Crippen LogP contribution in [0.1, 0.15) is 52.7 Å². The van der Waals surface area contributed by atoms with Crippen LogP contribution in [-0.2, 0) is 22.3 Å². The number of benzene rings is 2. The Kier molecular flexibility index (Phi) is 10.7. The Morgan fingerprint density at radius 3 is 1.41 bits per heavy atom. The molecule has 0 fully saturated rings. The standard InChI is InChI=1S/C27H38O5/c1-19(2)17-29-21(5)15-23-11-7-9-13-25(23)31-27(28)32-26-14-10-8-12-24(26)16-22(6)30-18-20(3)4/h7-14,19-22H,15-18H2,1-6H3. The number of carbonyl (C=O) groups is 1. The maximum atomic E-state index is 12.6. The summed E-state index contributed by atoms with van der Waals surface area (Å²) >= 11 is 0. The predicted octanol–water partition coefficient (Wildman–Crippen LogP) is 6.47. The highest BCUT2D eigenvalue weighted by Crippen LogP contribution is 2.24. The number of hydrogen-bond acceptors (Lipinski definition) is 5. The number of para-hydroxylation sites is 2. The molecule has 0 bridgehead atoms. The Hall–Kier alpha value is -2.37. The zero-order valence-electron chi connectivity index (χ0n) is 20.3. The van der Waals surface area contributed by atoms with Crippen molar-refractivity contribution >= 4 is 6.16 Å². The van der Waals surface area contributed by atoms with Gasteiger partial charge in [0.25, 0.3) is 0 Å². The Morgan fingerprint density at radius 2 is 1.03 bits per heavy atom. The van der Waals surface area contributed by atoms with E-state index >= 15 is 0 Å². The van der Waals surface area contributed by atoms with Gasteiger partial charge in [-0.1, -0.05) is 64.1 Å². The molecule has 5 nitrogen and oxygen atoms in total. The molecule has 0 aliphatic carbocycles. The van der Waals surface area contributed by atoms with E-state index in [0.29, 0.717) is 49.4 Å². The van der Waals surface area contributed by atoms with Crippen LogP contribution in [0.25, 0.3) is 0 Å². The van der Waals surface area contributed by atoms with Crippen LogP contribution in [0.4, 0.5) is 4.79 Å². The molecule has 5 heteroatoms. The van der Waals surface area contributed by atoms with E-state index < -0.39 is 6.16 Å². The molecule has 2 aromatic rings. The van der Waals surface area contributed by atoms with Crippen LogP contribution in [0.2, 0.25) is 0 Å². The summed E-state index contributed by atoms with van der Waals surface area (Å²) in [4.78, 5) is 12.6. The summed E-state index contributed by atoms with van der Waals surface area (Å²) in [6.07, 6.45) is 0.586. The molecule has 0 heterocycles. The topological polar surface area (TPSA) is 54.0 Å². The lowest BCUT2D eigenvalue weighted by atomic mass is 10.1. The molecule has 32 heavy (non-hydrogen) atoms. The lowest BCUT2D eigenvalue weighted by Gasteiger charge is -2.18. The summed E-state index contributed by atoms with van der Waals surface area (Å²) in [5.74, 6) is 1.92. The largest absolute Gasteiger partial charge is 0.519 e. The van der Waals surface area contributed by atoms with Crippen molar-refractivity contribution in [3.8, 4) is 11.5 Å². The molecule has 0 saturated heterocycles. The zero-order valence-corrected chi connectivity index (χ0v) is 20.3. The molecule has 0 spiro atoms. The SMILES string of the molecule is CC(C)COC(C)Cc1ccccc1OC(=O)Oc1ccccc1CC(C)OCC(C)C. The van der Waals surface area contributed by atoms with Crippen molar-refractivity contribution in [3.63, 3.8) is 0 Å². The lowest BCUT2D eigenvalue weighted by Crippen LogP contribution is -2.19. The van der Waals surface area contributed by atoms with Crippen LogP contribution in [0.15, 0.2) is 48.5 Å². The van der Waals surface area contributed by atoms with Gasteiger partial charge in [0.05, 0.1) is 12.2 Å². The second kappa shape index (κ2) is 13.2. The van der Waals surface area contributed by atoms with E-state index in [-0.39, 0.29) is 12.2 Å². The van der Waals surface area contributed by atoms with E-state index in [1.54, 1.807) is 12.1 Å².